The third-order valence-electron chi connectivity index (χ3n) is 6.91. The Morgan fingerprint density at radius 1 is 0.971 bits per heavy atom. The van der Waals surface area contributed by atoms with E-state index in [1.807, 2.05) is 16.0 Å². The number of ether oxygens (including phenoxy) is 1. The molecule has 8 heteroatoms. The smallest absolute Gasteiger partial charge is 0.260 e. The van der Waals surface area contributed by atoms with Crippen LogP contribution in [0.2, 0.25) is 0 Å². The van der Waals surface area contributed by atoms with Crippen molar-refractivity contribution in [2.75, 3.05) is 32.8 Å². The van der Waals surface area contributed by atoms with Crippen LogP contribution in [0.3, 0.4) is 0 Å². The van der Waals surface area contributed by atoms with Crippen LogP contribution in [-0.2, 0) is 4.79 Å². The van der Waals surface area contributed by atoms with Crippen LogP contribution in [0, 0.1) is 5.82 Å². The van der Waals surface area contributed by atoms with Crippen molar-refractivity contribution >= 4 is 17.3 Å². The Morgan fingerprint density at radius 2 is 1.71 bits per heavy atom. The van der Waals surface area contributed by atoms with E-state index in [9.17, 15) is 14.0 Å². The Balaban J connectivity index is 1.21. The summed E-state index contributed by atoms with van der Waals surface area (Å²) in [6.45, 7) is 2.88. The molecule has 4 heterocycles. The fraction of sp³-hybridized carbons (Fsp3) is 0.423. The second kappa shape index (κ2) is 9.83. The molecule has 2 amide bonds. The molecule has 7 nitrogen and oxygen atoms in total. The molecule has 2 aromatic heterocycles. The first kappa shape index (κ1) is 22.4. The normalized spacial score (nSPS) is 17.2. The maximum absolute atomic E-state index is 13.1. The van der Waals surface area contributed by atoms with Crippen LogP contribution in [-0.4, -0.2) is 64.0 Å². The Hall–Kier alpha value is -3.42. The van der Waals surface area contributed by atoms with Gasteiger partial charge >= 0.3 is 0 Å². The average molecular weight is 465 g/mol. The largest absolute Gasteiger partial charge is 0.484 e. The number of hydrogen-bond acceptors (Lipinski definition) is 4. The molecule has 178 valence electrons. The van der Waals surface area contributed by atoms with Gasteiger partial charge in [-0.25, -0.2) is 8.91 Å². The lowest BCUT2D eigenvalue weighted by Crippen LogP contribution is -2.40. The molecule has 0 unspecified atom stereocenters. The number of likely N-dealkylation sites (tertiary alicyclic amines) is 2. The van der Waals surface area contributed by atoms with Crippen molar-refractivity contribution in [2.45, 2.75) is 38.0 Å². The summed E-state index contributed by atoms with van der Waals surface area (Å²) in [6, 6.07) is 9.82. The minimum Gasteiger partial charge on any atom is -0.484 e. The second-order valence-corrected chi connectivity index (χ2v) is 9.10. The first-order chi connectivity index (χ1) is 16.6. The van der Waals surface area contributed by atoms with Gasteiger partial charge in [0.25, 0.3) is 11.8 Å². The predicted molar refractivity (Wildman–Crippen MR) is 125 cm³/mol. The van der Waals surface area contributed by atoms with E-state index in [0.717, 1.165) is 44.3 Å². The number of piperidine rings is 2. The van der Waals surface area contributed by atoms with Gasteiger partial charge in [0, 0.05) is 32.4 Å². The van der Waals surface area contributed by atoms with Crippen LogP contribution >= 0.6 is 0 Å². The zero-order valence-electron chi connectivity index (χ0n) is 19.2. The van der Waals surface area contributed by atoms with E-state index in [1.54, 1.807) is 10.7 Å². The summed E-state index contributed by atoms with van der Waals surface area (Å²) in [5.41, 5.74) is 2.68. The Kier molecular flexibility index (Phi) is 6.47. The number of nitrogens with zero attached hydrogens (tertiary/aromatic N) is 4. The maximum atomic E-state index is 13.1. The van der Waals surface area contributed by atoms with Crippen molar-refractivity contribution < 1.29 is 18.7 Å². The van der Waals surface area contributed by atoms with Crippen molar-refractivity contribution in [1.82, 2.24) is 19.4 Å². The number of amides is 2. The highest BCUT2D eigenvalue weighted by Gasteiger charge is 2.26. The molecule has 2 saturated heterocycles. The molecule has 2 aliphatic rings. The Bertz CT molecular complexity index is 1160. The number of hydrogen-bond donors (Lipinski definition) is 0. The number of carbonyl (C=O) groups is 2. The van der Waals surface area contributed by atoms with Gasteiger partial charge < -0.3 is 14.5 Å². The van der Waals surface area contributed by atoms with Gasteiger partial charge in [0.15, 0.2) is 6.61 Å². The molecular weight excluding hydrogens is 435 g/mol. The zero-order chi connectivity index (χ0) is 23.5. The molecule has 1 aromatic carbocycles. The lowest BCUT2D eigenvalue weighted by atomic mass is 9.89. The summed E-state index contributed by atoms with van der Waals surface area (Å²) >= 11 is 0. The van der Waals surface area contributed by atoms with E-state index in [4.69, 9.17) is 4.74 Å². The first-order valence-electron chi connectivity index (χ1n) is 12.0. The maximum Gasteiger partial charge on any atom is 0.260 e. The van der Waals surface area contributed by atoms with Gasteiger partial charge in [-0.1, -0.05) is 0 Å². The van der Waals surface area contributed by atoms with Gasteiger partial charge in [0.05, 0.1) is 17.3 Å². The Labute approximate surface area is 198 Å². The summed E-state index contributed by atoms with van der Waals surface area (Å²) in [5, 5.41) is 4.39. The van der Waals surface area contributed by atoms with E-state index >= 15 is 0 Å². The number of pyridine rings is 1. The van der Waals surface area contributed by atoms with Crippen LogP contribution in [0.15, 0.2) is 48.8 Å². The van der Waals surface area contributed by atoms with Crippen molar-refractivity contribution in [3.05, 3.63) is 65.7 Å². The monoisotopic (exact) mass is 464 g/mol. The zero-order valence-corrected chi connectivity index (χ0v) is 19.2. The van der Waals surface area contributed by atoms with E-state index in [1.165, 1.54) is 36.2 Å². The first-order valence-corrected chi connectivity index (χ1v) is 12.0. The van der Waals surface area contributed by atoms with Crippen molar-refractivity contribution in [3.8, 4) is 5.75 Å². The summed E-state index contributed by atoms with van der Waals surface area (Å²) in [4.78, 5) is 29.4. The molecular formula is C26H29FN4O3. The number of halogens is 1. The second-order valence-electron chi connectivity index (χ2n) is 9.10. The van der Waals surface area contributed by atoms with Gasteiger partial charge in [0.1, 0.15) is 11.6 Å². The Morgan fingerprint density at radius 3 is 2.44 bits per heavy atom. The van der Waals surface area contributed by atoms with Gasteiger partial charge in [0.2, 0.25) is 0 Å². The summed E-state index contributed by atoms with van der Waals surface area (Å²) in [6.07, 6.45) is 8.60. The van der Waals surface area contributed by atoms with Gasteiger partial charge in [-0.3, -0.25) is 9.59 Å². The number of benzene rings is 1. The molecule has 34 heavy (non-hydrogen) atoms. The van der Waals surface area contributed by atoms with Crippen LogP contribution in [0.1, 0.15) is 53.9 Å². The third-order valence-corrected chi connectivity index (χ3v) is 6.91. The fourth-order valence-corrected chi connectivity index (χ4v) is 4.91. The van der Waals surface area contributed by atoms with Crippen LogP contribution < -0.4 is 4.74 Å². The van der Waals surface area contributed by atoms with Crippen molar-refractivity contribution in [1.29, 1.82) is 0 Å². The van der Waals surface area contributed by atoms with E-state index in [0.29, 0.717) is 30.3 Å². The topological polar surface area (TPSA) is 67.2 Å². The molecule has 3 aromatic rings. The van der Waals surface area contributed by atoms with E-state index < -0.39 is 0 Å². The predicted octanol–water partition coefficient (Wildman–Crippen LogP) is 3.88. The molecule has 0 saturated carbocycles. The molecule has 2 fully saturated rings. The number of aromatic nitrogens is 2. The molecule has 0 bridgehead atoms. The summed E-state index contributed by atoms with van der Waals surface area (Å²) in [5.74, 6) is 0.461. The standard InChI is InChI=1S/C26H29FN4O3/c27-21-4-6-22(7-5-21)34-18-25(32)29-13-8-19(9-14-29)20-10-15-31-24(16-20)23(17-28-31)26(33)30-11-2-1-3-12-30/h4-7,10,15-17,19H,1-3,8-9,11-14,18H2. The molecule has 0 radical (unpaired) electrons. The van der Waals surface area contributed by atoms with Crippen LogP contribution in [0.25, 0.3) is 5.52 Å². The minimum absolute atomic E-state index is 0.0555. The van der Waals surface area contributed by atoms with Crippen molar-refractivity contribution in [2.24, 2.45) is 0 Å². The van der Waals surface area contributed by atoms with Gasteiger partial charge in [-0.15, -0.1) is 0 Å². The minimum atomic E-state index is -0.335. The summed E-state index contributed by atoms with van der Waals surface area (Å²) in [7, 11) is 0. The van der Waals surface area contributed by atoms with E-state index in [2.05, 4.69) is 17.2 Å². The molecule has 0 spiro atoms. The number of rotatable bonds is 5. The quantitative estimate of drug-likeness (QED) is 0.575. The van der Waals surface area contributed by atoms with Gasteiger partial charge in [-0.2, -0.15) is 5.10 Å². The third kappa shape index (κ3) is 4.76. The van der Waals surface area contributed by atoms with E-state index in [-0.39, 0.29) is 24.2 Å². The SMILES string of the molecule is O=C(COc1ccc(F)cc1)N1CCC(c2ccn3ncc(C(=O)N4CCCCC4)c3c2)CC1. The summed E-state index contributed by atoms with van der Waals surface area (Å²) < 4.78 is 20.3. The molecule has 0 atom stereocenters. The number of fused-ring (bicyclic) bond motifs is 1. The fourth-order valence-electron chi connectivity index (χ4n) is 4.91. The molecule has 0 N–H and O–H groups in total. The number of carbonyl (C=O) groups excluding carboxylic acids is 2. The highest BCUT2D eigenvalue weighted by atomic mass is 19.1. The van der Waals surface area contributed by atoms with Crippen LogP contribution in [0.4, 0.5) is 4.39 Å². The highest BCUT2D eigenvalue weighted by molar-refractivity contribution is 6.00. The van der Waals surface area contributed by atoms with Crippen LogP contribution in [0.5, 0.6) is 5.75 Å². The lowest BCUT2D eigenvalue weighted by molar-refractivity contribution is -0.134. The van der Waals surface area contributed by atoms with Crippen molar-refractivity contribution in [3.63, 3.8) is 0 Å². The van der Waals surface area contributed by atoms with Gasteiger partial charge in [-0.05, 0) is 80.0 Å². The highest BCUT2D eigenvalue weighted by Crippen LogP contribution is 2.30. The molecule has 2 aliphatic heterocycles. The molecule has 0 aliphatic carbocycles. The molecule has 5 rings (SSSR count). The average Bonchev–Trinajstić information content (AvgIpc) is 3.31. The lowest BCUT2D eigenvalue weighted by Gasteiger charge is -2.32.